The number of fused-ring (bicyclic) bond motifs is 1. The second kappa shape index (κ2) is 7.53. The third-order valence-electron chi connectivity index (χ3n) is 3.75. The minimum Gasteiger partial charge on any atom is -0.422 e. The second-order valence-electron chi connectivity index (χ2n) is 5.67. The van der Waals surface area contributed by atoms with Gasteiger partial charge in [-0.05, 0) is 40.2 Å². The normalized spacial score (nSPS) is 10.5. The number of hydrogen-bond donors (Lipinski definition) is 1. The minimum atomic E-state index is -0.730. The van der Waals surface area contributed by atoms with Crippen LogP contribution < -0.4 is 10.9 Å². The first-order valence-corrected chi connectivity index (χ1v) is 8.58. The van der Waals surface area contributed by atoms with Crippen LogP contribution in [0.1, 0.15) is 10.4 Å². The molecule has 26 heavy (non-hydrogen) atoms. The molecule has 0 atom stereocenters. The Balaban J connectivity index is 1.75. The van der Waals surface area contributed by atoms with Crippen LogP contribution in [0, 0.1) is 0 Å². The zero-order chi connectivity index (χ0) is 18.7. The summed E-state index contributed by atoms with van der Waals surface area (Å²) in [6.07, 6.45) is 0. The van der Waals surface area contributed by atoms with Crippen molar-refractivity contribution in [3.8, 4) is 0 Å². The fourth-order valence-corrected chi connectivity index (χ4v) is 2.84. The third-order valence-corrected chi connectivity index (χ3v) is 4.44. The second-order valence-corrected chi connectivity index (χ2v) is 6.53. The number of nitrogens with one attached hydrogen (secondary N) is 1. The molecule has 1 N–H and O–H groups in total. The quantitative estimate of drug-likeness (QED) is 0.664. The Hall–Kier alpha value is -2.93. The number of para-hydroxylation sites is 2. The molecule has 0 bridgehead atoms. The van der Waals surface area contributed by atoms with Gasteiger partial charge in [-0.15, -0.1) is 0 Å². The molecule has 1 heterocycles. The van der Waals surface area contributed by atoms with Crippen molar-refractivity contribution in [3.05, 3.63) is 75.1 Å². The summed E-state index contributed by atoms with van der Waals surface area (Å²) in [6.45, 7) is -0.202. The summed E-state index contributed by atoms with van der Waals surface area (Å²) in [6, 6.07) is 15.5. The maximum Gasteiger partial charge on any atom is 0.349 e. The fraction of sp³-hybridized carbons (Fsp3) is 0.105. The van der Waals surface area contributed by atoms with Gasteiger partial charge >= 0.3 is 5.63 Å². The van der Waals surface area contributed by atoms with Gasteiger partial charge in [-0.3, -0.25) is 9.59 Å². The number of nitrogens with zero attached hydrogens (tertiary/aromatic N) is 1. The highest BCUT2D eigenvalue weighted by Gasteiger charge is 2.20. The average Bonchev–Trinajstić information content (AvgIpc) is 2.62. The first-order valence-electron chi connectivity index (χ1n) is 7.78. The van der Waals surface area contributed by atoms with Crippen LogP contribution in [-0.4, -0.2) is 30.3 Å². The molecular formula is C19H15BrN2O4. The third kappa shape index (κ3) is 3.83. The number of likely N-dealkylation sites (N-methyl/N-ethyl adjacent to an activating group) is 1. The van der Waals surface area contributed by atoms with Crippen molar-refractivity contribution < 1.29 is 14.0 Å². The van der Waals surface area contributed by atoms with E-state index in [-0.39, 0.29) is 18.0 Å². The average molecular weight is 415 g/mol. The van der Waals surface area contributed by atoms with E-state index in [0.717, 1.165) is 4.47 Å². The van der Waals surface area contributed by atoms with E-state index < -0.39 is 11.5 Å². The number of anilines is 1. The lowest BCUT2D eigenvalue weighted by Crippen LogP contribution is -2.37. The molecule has 0 fully saturated rings. The Kier molecular flexibility index (Phi) is 5.18. The maximum atomic E-state index is 12.5. The van der Waals surface area contributed by atoms with E-state index in [1.807, 2.05) is 6.07 Å². The van der Waals surface area contributed by atoms with Crippen LogP contribution in [0.3, 0.4) is 0 Å². The lowest BCUT2D eigenvalue weighted by molar-refractivity contribution is -0.116. The van der Waals surface area contributed by atoms with Gasteiger partial charge in [0, 0.05) is 16.9 Å². The predicted octanol–water partition coefficient (Wildman–Crippen LogP) is 3.27. The van der Waals surface area contributed by atoms with E-state index in [1.165, 1.54) is 18.0 Å². The van der Waals surface area contributed by atoms with Crippen LogP contribution in [0.5, 0.6) is 0 Å². The zero-order valence-electron chi connectivity index (χ0n) is 13.9. The molecule has 0 aliphatic heterocycles. The Labute approximate surface area is 157 Å². The topological polar surface area (TPSA) is 79.6 Å². The molecule has 1 aromatic heterocycles. The molecule has 0 saturated carbocycles. The molecular weight excluding hydrogens is 400 g/mol. The van der Waals surface area contributed by atoms with Crippen LogP contribution in [-0.2, 0) is 4.79 Å². The number of amides is 2. The lowest BCUT2D eigenvalue weighted by Gasteiger charge is -2.16. The van der Waals surface area contributed by atoms with Gasteiger partial charge in [0.05, 0.1) is 12.2 Å². The van der Waals surface area contributed by atoms with Crippen molar-refractivity contribution in [1.82, 2.24) is 4.90 Å². The molecule has 3 rings (SSSR count). The number of halogens is 1. The van der Waals surface area contributed by atoms with Gasteiger partial charge in [0.2, 0.25) is 5.91 Å². The van der Waals surface area contributed by atoms with Crippen molar-refractivity contribution in [2.75, 3.05) is 18.9 Å². The van der Waals surface area contributed by atoms with Gasteiger partial charge in [0.25, 0.3) is 5.91 Å². The Morgan fingerprint density at radius 3 is 2.58 bits per heavy atom. The number of carbonyl (C=O) groups excluding carboxylic acids is 2. The van der Waals surface area contributed by atoms with Crippen molar-refractivity contribution in [3.63, 3.8) is 0 Å². The van der Waals surface area contributed by atoms with Crippen LogP contribution in [0.2, 0.25) is 0 Å². The van der Waals surface area contributed by atoms with Gasteiger partial charge < -0.3 is 14.6 Å². The van der Waals surface area contributed by atoms with E-state index in [1.54, 1.807) is 42.5 Å². The maximum absolute atomic E-state index is 12.5. The largest absolute Gasteiger partial charge is 0.422 e. The number of rotatable bonds is 4. The fourth-order valence-electron chi connectivity index (χ4n) is 2.46. The van der Waals surface area contributed by atoms with Crippen LogP contribution in [0.15, 0.2) is 68.3 Å². The van der Waals surface area contributed by atoms with Gasteiger partial charge in [0.15, 0.2) is 0 Å². The van der Waals surface area contributed by atoms with Crippen LogP contribution in [0.4, 0.5) is 5.69 Å². The smallest absolute Gasteiger partial charge is 0.349 e. The predicted molar refractivity (Wildman–Crippen MR) is 102 cm³/mol. The molecule has 0 radical (unpaired) electrons. The molecule has 0 unspecified atom stereocenters. The van der Waals surface area contributed by atoms with Crippen LogP contribution in [0.25, 0.3) is 11.0 Å². The molecule has 0 aliphatic rings. The first kappa shape index (κ1) is 17.9. The van der Waals surface area contributed by atoms with E-state index in [9.17, 15) is 14.4 Å². The summed E-state index contributed by atoms with van der Waals surface area (Å²) in [5.74, 6) is -0.954. The minimum absolute atomic E-state index is 0.111. The zero-order valence-corrected chi connectivity index (χ0v) is 15.4. The summed E-state index contributed by atoms with van der Waals surface area (Å²) in [5.41, 5.74) is 0.165. The van der Waals surface area contributed by atoms with Gasteiger partial charge in [-0.1, -0.05) is 30.3 Å². The van der Waals surface area contributed by atoms with Crippen molar-refractivity contribution in [1.29, 1.82) is 0 Å². The summed E-state index contributed by atoms with van der Waals surface area (Å²) in [4.78, 5) is 38.0. The number of hydrogen-bond acceptors (Lipinski definition) is 4. The van der Waals surface area contributed by atoms with Gasteiger partial charge in [0.1, 0.15) is 11.1 Å². The van der Waals surface area contributed by atoms with Crippen molar-refractivity contribution >= 4 is 44.4 Å². The summed E-state index contributed by atoms with van der Waals surface area (Å²) in [7, 11) is 1.45. The SMILES string of the molecule is CN(CC(=O)Nc1ccccc1Br)C(=O)c1cc2ccccc2oc1=O. The van der Waals surface area contributed by atoms with Crippen molar-refractivity contribution in [2.45, 2.75) is 0 Å². The molecule has 0 aliphatic carbocycles. The molecule has 6 nitrogen and oxygen atoms in total. The first-order chi connectivity index (χ1) is 12.5. The molecule has 2 aromatic carbocycles. The van der Waals surface area contributed by atoms with Crippen molar-refractivity contribution in [2.24, 2.45) is 0 Å². The molecule has 0 saturated heterocycles. The lowest BCUT2D eigenvalue weighted by atomic mass is 10.1. The molecule has 0 spiro atoms. The number of benzene rings is 2. The highest BCUT2D eigenvalue weighted by atomic mass is 79.9. The molecule has 2 amide bonds. The van der Waals surface area contributed by atoms with E-state index in [4.69, 9.17) is 4.42 Å². The summed E-state index contributed by atoms with van der Waals surface area (Å²) < 4.78 is 5.90. The Morgan fingerprint density at radius 1 is 1.12 bits per heavy atom. The summed E-state index contributed by atoms with van der Waals surface area (Å²) in [5, 5.41) is 3.35. The molecule has 132 valence electrons. The Morgan fingerprint density at radius 2 is 1.81 bits per heavy atom. The standard InChI is InChI=1S/C19H15BrN2O4/c1-22(11-17(23)21-15-8-4-3-7-14(15)20)18(24)13-10-12-6-2-5-9-16(12)26-19(13)25/h2-10H,11H2,1H3,(H,21,23). The number of carbonyl (C=O) groups is 2. The molecule has 7 heteroatoms. The van der Waals surface area contributed by atoms with E-state index in [0.29, 0.717) is 16.7 Å². The highest BCUT2D eigenvalue weighted by molar-refractivity contribution is 9.10. The van der Waals surface area contributed by atoms with Crippen LogP contribution >= 0.6 is 15.9 Å². The summed E-state index contributed by atoms with van der Waals surface area (Å²) >= 11 is 3.34. The molecule has 3 aromatic rings. The van der Waals surface area contributed by atoms with Gasteiger partial charge in [-0.25, -0.2) is 4.79 Å². The highest BCUT2D eigenvalue weighted by Crippen LogP contribution is 2.21. The van der Waals surface area contributed by atoms with Gasteiger partial charge in [-0.2, -0.15) is 0 Å². The van der Waals surface area contributed by atoms with E-state index in [2.05, 4.69) is 21.2 Å². The monoisotopic (exact) mass is 414 g/mol. The van der Waals surface area contributed by atoms with E-state index >= 15 is 0 Å². The Bertz CT molecular complexity index is 1040.